The number of benzene rings is 1. The second-order valence-electron chi connectivity index (χ2n) is 6.67. The minimum absolute atomic E-state index is 0.106. The summed E-state index contributed by atoms with van der Waals surface area (Å²) in [5.74, 6) is 1.25. The van der Waals surface area contributed by atoms with Crippen molar-refractivity contribution < 1.29 is 23.0 Å². The number of ether oxygens (including phenoxy) is 3. The van der Waals surface area contributed by atoms with Crippen LogP contribution in [0.5, 0.6) is 11.5 Å². The Bertz CT molecular complexity index is 646. The number of methoxy groups -OCH3 is 1. The molecule has 1 aliphatic heterocycles. The molecule has 1 aromatic rings. The molecule has 2 unspecified atom stereocenters. The summed E-state index contributed by atoms with van der Waals surface area (Å²) in [6.45, 7) is 4.75. The summed E-state index contributed by atoms with van der Waals surface area (Å²) >= 11 is 0. The Kier molecular flexibility index (Phi) is 8.72. The van der Waals surface area contributed by atoms with Crippen LogP contribution in [0.2, 0.25) is 0 Å². The highest BCUT2D eigenvalue weighted by Gasteiger charge is 2.23. The van der Waals surface area contributed by atoms with Gasteiger partial charge in [-0.2, -0.15) is 8.78 Å². The lowest BCUT2D eigenvalue weighted by molar-refractivity contribution is -0.0505. The Morgan fingerprint density at radius 2 is 2.18 bits per heavy atom. The highest BCUT2D eigenvalue weighted by atomic mass is 19.3. The number of rotatable bonds is 8. The molecule has 2 N–H and O–H groups in total. The lowest BCUT2D eigenvalue weighted by atomic mass is 10.2. The fraction of sp³-hybridized carbons (Fsp3) is 0.632. The lowest BCUT2D eigenvalue weighted by Crippen LogP contribution is -2.52. The minimum atomic E-state index is -2.89. The second-order valence-corrected chi connectivity index (χ2v) is 6.67. The summed E-state index contributed by atoms with van der Waals surface area (Å²) in [5.41, 5.74) is 0.553. The van der Waals surface area contributed by atoms with Gasteiger partial charge in [0.2, 0.25) is 0 Å². The van der Waals surface area contributed by atoms with Gasteiger partial charge in [-0.3, -0.25) is 9.89 Å². The van der Waals surface area contributed by atoms with Crippen molar-refractivity contribution in [3.05, 3.63) is 23.8 Å². The maximum atomic E-state index is 12.6. The third-order valence-corrected chi connectivity index (χ3v) is 4.70. The van der Waals surface area contributed by atoms with Gasteiger partial charge in [0.05, 0.1) is 20.3 Å². The van der Waals surface area contributed by atoms with Gasteiger partial charge < -0.3 is 24.8 Å². The number of morpholine rings is 1. The predicted molar refractivity (Wildman–Crippen MR) is 104 cm³/mol. The molecule has 1 aromatic carbocycles. The SMILES string of the molecule is CN=C(NCc1cc(OC)ccc1OC(F)F)NCC(C)N1CCOCC1C. The number of nitrogens with zero attached hydrogens (tertiary/aromatic N) is 2. The zero-order valence-electron chi connectivity index (χ0n) is 16.9. The van der Waals surface area contributed by atoms with Crippen LogP contribution in [-0.2, 0) is 11.3 Å². The van der Waals surface area contributed by atoms with Gasteiger partial charge in [-0.25, -0.2) is 0 Å². The molecule has 1 saturated heterocycles. The van der Waals surface area contributed by atoms with E-state index in [1.165, 1.54) is 13.2 Å². The van der Waals surface area contributed by atoms with E-state index in [2.05, 4.69) is 39.1 Å². The molecular formula is C19H30F2N4O3. The summed E-state index contributed by atoms with van der Waals surface area (Å²) in [6.07, 6.45) is 0. The summed E-state index contributed by atoms with van der Waals surface area (Å²) in [6, 6.07) is 5.38. The number of halogens is 2. The molecule has 0 radical (unpaired) electrons. The van der Waals surface area contributed by atoms with E-state index in [4.69, 9.17) is 9.47 Å². The molecule has 2 rings (SSSR count). The zero-order valence-corrected chi connectivity index (χ0v) is 16.9. The van der Waals surface area contributed by atoms with Crippen molar-refractivity contribution in [1.29, 1.82) is 0 Å². The van der Waals surface area contributed by atoms with E-state index in [1.54, 1.807) is 19.2 Å². The van der Waals surface area contributed by atoms with Gasteiger partial charge in [-0.05, 0) is 32.0 Å². The van der Waals surface area contributed by atoms with Crippen LogP contribution in [0.1, 0.15) is 19.4 Å². The first-order valence-electron chi connectivity index (χ1n) is 9.34. The van der Waals surface area contributed by atoms with Gasteiger partial charge in [0.15, 0.2) is 5.96 Å². The molecule has 0 amide bonds. The zero-order chi connectivity index (χ0) is 20.5. The lowest BCUT2D eigenvalue weighted by Gasteiger charge is -2.38. The van der Waals surface area contributed by atoms with Crippen LogP contribution in [0.4, 0.5) is 8.78 Å². The van der Waals surface area contributed by atoms with Gasteiger partial charge in [-0.15, -0.1) is 0 Å². The fourth-order valence-electron chi connectivity index (χ4n) is 3.19. The molecule has 2 atom stereocenters. The van der Waals surface area contributed by atoms with E-state index >= 15 is 0 Å². The van der Waals surface area contributed by atoms with E-state index in [1.807, 2.05) is 0 Å². The molecule has 0 aromatic heterocycles. The van der Waals surface area contributed by atoms with Crippen molar-refractivity contribution >= 4 is 5.96 Å². The normalized spacial score (nSPS) is 19.4. The van der Waals surface area contributed by atoms with Gasteiger partial charge in [0.1, 0.15) is 11.5 Å². The molecule has 0 spiro atoms. The number of alkyl halides is 2. The van der Waals surface area contributed by atoms with E-state index < -0.39 is 6.61 Å². The topological polar surface area (TPSA) is 67.4 Å². The summed E-state index contributed by atoms with van der Waals surface area (Å²) < 4.78 is 40.5. The maximum absolute atomic E-state index is 12.6. The average Bonchev–Trinajstić information content (AvgIpc) is 2.68. The molecule has 1 fully saturated rings. The van der Waals surface area contributed by atoms with Crippen molar-refractivity contribution in [2.45, 2.75) is 39.1 Å². The minimum Gasteiger partial charge on any atom is -0.497 e. The van der Waals surface area contributed by atoms with Crippen LogP contribution < -0.4 is 20.1 Å². The number of guanidine groups is 1. The highest BCUT2D eigenvalue weighted by molar-refractivity contribution is 5.79. The molecule has 28 heavy (non-hydrogen) atoms. The Morgan fingerprint density at radius 1 is 1.39 bits per heavy atom. The van der Waals surface area contributed by atoms with Crippen LogP contribution >= 0.6 is 0 Å². The molecule has 1 heterocycles. The number of nitrogens with one attached hydrogen (secondary N) is 2. The Morgan fingerprint density at radius 3 is 2.82 bits per heavy atom. The second kappa shape index (κ2) is 11.0. The van der Waals surface area contributed by atoms with Crippen LogP contribution in [0, 0.1) is 0 Å². The van der Waals surface area contributed by atoms with Crippen LogP contribution in [0.25, 0.3) is 0 Å². The van der Waals surface area contributed by atoms with Gasteiger partial charge >= 0.3 is 6.61 Å². The van der Waals surface area contributed by atoms with Crippen molar-refractivity contribution in [3.8, 4) is 11.5 Å². The number of hydrogen-bond acceptors (Lipinski definition) is 5. The summed E-state index contributed by atoms with van der Waals surface area (Å²) in [7, 11) is 3.19. The number of hydrogen-bond donors (Lipinski definition) is 2. The third-order valence-electron chi connectivity index (χ3n) is 4.70. The van der Waals surface area contributed by atoms with Gasteiger partial charge in [0, 0.05) is 44.3 Å². The highest BCUT2D eigenvalue weighted by Crippen LogP contribution is 2.25. The van der Waals surface area contributed by atoms with Gasteiger partial charge in [-0.1, -0.05) is 0 Å². The summed E-state index contributed by atoms with van der Waals surface area (Å²) in [5, 5.41) is 6.42. The quantitative estimate of drug-likeness (QED) is 0.515. The van der Waals surface area contributed by atoms with Crippen LogP contribution in [0.3, 0.4) is 0 Å². The van der Waals surface area contributed by atoms with E-state index in [9.17, 15) is 8.78 Å². The number of aliphatic imine (C=N–C) groups is 1. The van der Waals surface area contributed by atoms with E-state index in [-0.39, 0.29) is 12.3 Å². The Hall–Kier alpha value is -2.13. The van der Waals surface area contributed by atoms with Gasteiger partial charge in [0.25, 0.3) is 0 Å². The van der Waals surface area contributed by atoms with Crippen molar-refractivity contribution in [1.82, 2.24) is 15.5 Å². The fourth-order valence-corrected chi connectivity index (χ4v) is 3.19. The van der Waals surface area contributed by atoms with Crippen LogP contribution in [0.15, 0.2) is 23.2 Å². The average molecular weight is 400 g/mol. The van der Waals surface area contributed by atoms with Crippen molar-refractivity contribution in [2.24, 2.45) is 4.99 Å². The first kappa shape index (κ1) is 22.2. The molecule has 7 nitrogen and oxygen atoms in total. The molecule has 1 aliphatic rings. The third kappa shape index (κ3) is 6.49. The molecule has 0 aliphatic carbocycles. The van der Waals surface area contributed by atoms with E-state index in [0.29, 0.717) is 35.9 Å². The maximum Gasteiger partial charge on any atom is 0.387 e. The Labute approximate surface area is 165 Å². The molecule has 0 bridgehead atoms. The molecule has 0 saturated carbocycles. The monoisotopic (exact) mass is 400 g/mol. The standard InChI is InChI=1S/C19H30F2N4O3/c1-13(25-7-8-27-12-14(25)2)10-23-19(22-3)24-11-15-9-16(26-4)5-6-17(15)28-18(20)21/h5-6,9,13-14,18H,7-8,10-12H2,1-4H3,(H2,22,23,24). The summed E-state index contributed by atoms with van der Waals surface area (Å²) in [4.78, 5) is 6.59. The van der Waals surface area contributed by atoms with Crippen molar-refractivity contribution in [2.75, 3.05) is 40.5 Å². The largest absolute Gasteiger partial charge is 0.497 e. The van der Waals surface area contributed by atoms with Crippen molar-refractivity contribution in [3.63, 3.8) is 0 Å². The molecule has 9 heteroatoms. The first-order chi connectivity index (χ1) is 13.4. The molecule has 158 valence electrons. The smallest absolute Gasteiger partial charge is 0.387 e. The van der Waals surface area contributed by atoms with E-state index in [0.717, 1.165) is 19.8 Å². The Balaban J connectivity index is 1.92. The first-order valence-corrected chi connectivity index (χ1v) is 9.34. The van der Waals surface area contributed by atoms with Crippen LogP contribution in [-0.4, -0.2) is 70.0 Å². The predicted octanol–water partition coefficient (Wildman–Crippen LogP) is 2.07. The molecular weight excluding hydrogens is 370 g/mol.